The summed E-state index contributed by atoms with van der Waals surface area (Å²) in [6.07, 6.45) is 0. The van der Waals surface area contributed by atoms with E-state index in [0.29, 0.717) is 16.3 Å². The lowest BCUT2D eigenvalue weighted by molar-refractivity contribution is -0.113. The first kappa shape index (κ1) is 23.5. The average Bonchev–Trinajstić information content (AvgIpc) is 2.74. The maximum Gasteiger partial charge on any atom is 0.339 e. The summed E-state index contributed by atoms with van der Waals surface area (Å²) in [6.45, 7) is 0. The van der Waals surface area contributed by atoms with Gasteiger partial charge in [0.2, 0.25) is 5.91 Å². The highest BCUT2D eigenvalue weighted by Crippen LogP contribution is 2.25. The maximum absolute atomic E-state index is 12.4. The highest BCUT2D eigenvalue weighted by atomic mass is 35.5. The highest BCUT2D eigenvalue weighted by molar-refractivity contribution is 8.00. The van der Waals surface area contributed by atoms with Gasteiger partial charge in [-0.25, -0.2) is 4.79 Å². The zero-order chi connectivity index (χ0) is 23.3. The SMILES string of the molecule is O=C(CSc1ccc(NC(=O)c2ccc(Cl)cc2Cl)cc1)Nc1ccc(O)c(C(=O)O)c1. The molecule has 4 N–H and O–H groups in total. The molecule has 0 saturated carbocycles. The Bertz CT molecular complexity index is 1190. The van der Waals surface area contributed by atoms with Gasteiger partial charge in [0.05, 0.1) is 16.3 Å². The molecule has 0 fully saturated rings. The van der Waals surface area contributed by atoms with Crippen molar-refractivity contribution in [1.82, 2.24) is 0 Å². The number of nitrogens with one attached hydrogen (secondary N) is 2. The molecule has 3 rings (SSSR count). The first-order chi connectivity index (χ1) is 15.2. The Balaban J connectivity index is 1.54. The molecule has 0 radical (unpaired) electrons. The number of aromatic hydroxyl groups is 1. The van der Waals surface area contributed by atoms with Crippen molar-refractivity contribution in [3.63, 3.8) is 0 Å². The second kappa shape index (κ2) is 10.4. The number of anilines is 2. The van der Waals surface area contributed by atoms with Gasteiger partial charge in [-0.05, 0) is 60.7 Å². The normalized spacial score (nSPS) is 10.4. The number of carbonyl (C=O) groups excluding carboxylic acids is 2. The monoisotopic (exact) mass is 490 g/mol. The molecule has 0 aromatic heterocycles. The fourth-order valence-electron chi connectivity index (χ4n) is 2.64. The number of hydrogen-bond donors (Lipinski definition) is 4. The standard InChI is InChI=1S/C22H16Cl2N2O5S/c23-12-1-7-16(18(24)9-12)21(29)26-13-2-5-15(6-3-13)32-11-20(28)25-14-4-8-19(27)17(10-14)22(30)31/h1-10,27H,11H2,(H,25,28)(H,26,29)(H,30,31). The maximum atomic E-state index is 12.4. The van der Waals surface area contributed by atoms with Crippen molar-refractivity contribution < 1.29 is 24.6 Å². The van der Waals surface area contributed by atoms with E-state index in [2.05, 4.69) is 10.6 Å². The van der Waals surface area contributed by atoms with Gasteiger partial charge in [0.25, 0.3) is 5.91 Å². The van der Waals surface area contributed by atoms with Crippen LogP contribution in [0, 0.1) is 0 Å². The van der Waals surface area contributed by atoms with Crippen molar-refractivity contribution in [2.75, 3.05) is 16.4 Å². The minimum Gasteiger partial charge on any atom is -0.507 e. The molecule has 7 nitrogen and oxygen atoms in total. The van der Waals surface area contributed by atoms with Crippen molar-refractivity contribution in [3.8, 4) is 5.75 Å². The first-order valence-electron chi connectivity index (χ1n) is 9.08. The van der Waals surface area contributed by atoms with E-state index in [1.165, 1.54) is 42.1 Å². The molecule has 0 bridgehead atoms. The second-order valence-corrected chi connectivity index (χ2v) is 8.37. The summed E-state index contributed by atoms with van der Waals surface area (Å²) < 4.78 is 0. The van der Waals surface area contributed by atoms with Crippen LogP contribution in [0.15, 0.2) is 65.6 Å². The molecule has 0 aliphatic carbocycles. The lowest BCUT2D eigenvalue weighted by Gasteiger charge is -2.09. The number of benzene rings is 3. The number of carbonyl (C=O) groups is 3. The van der Waals surface area contributed by atoms with Gasteiger partial charge >= 0.3 is 5.97 Å². The molecule has 0 aliphatic heterocycles. The van der Waals surface area contributed by atoms with Crippen LogP contribution < -0.4 is 10.6 Å². The van der Waals surface area contributed by atoms with E-state index < -0.39 is 5.97 Å². The first-order valence-corrected chi connectivity index (χ1v) is 10.8. The van der Waals surface area contributed by atoms with Gasteiger partial charge in [-0.2, -0.15) is 0 Å². The molecule has 10 heteroatoms. The Morgan fingerprint density at radius 1 is 0.844 bits per heavy atom. The van der Waals surface area contributed by atoms with Gasteiger partial charge in [0.1, 0.15) is 11.3 Å². The number of carboxylic acids is 1. The van der Waals surface area contributed by atoms with Gasteiger partial charge in [0, 0.05) is 21.3 Å². The van der Waals surface area contributed by atoms with E-state index in [0.717, 1.165) is 4.90 Å². The summed E-state index contributed by atoms with van der Waals surface area (Å²) >= 11 is 13.2. The third-order valence-corrected chi connectivity index (χ3v) is 5.73. The molecule has 0 spiro atoms. The fourth-order valence-corrected chi connectivity index (χ4v) is 3.83. The van der Waals surface area contributed by atoms with Crippen LogP contribution in [-0.2, 0) is 4.79 Å². The van der Waals surface area contributed by atoms with Crippen LogP contribution >= 0.6 is 35.0 Å². The number of halogens is 2. The predicted octanol–water partition coefficient (Wildman–Crippen LogP) is 5.38. The van der Waals surface area contributed by atoms with E-state index in [1.54, 1.807) is 30.3 Å². The lowest BCUT2D eigenvalue weighted by Crippen LogP contribution is -2.14. The molecule has 3 aromatic rings. The number of rotatable bonds is 7. The van der Waals surface area contributed by atoms with Crippen molar-refractivity contribution in [1.29, 1.82) is 0 Å². The number of thioether (sulfide) groups is 1. The number of hydrogen-bond acceptors (Lipinski definition) is 5. The summed E-state index contributed by atoms with van der Waals surface area (Å²) in [5, 5.41) is 24.6. The molecule has 3 aromatic carbocycles. The minimum atomic E-state index is -1.29. The average molecular weight is 491 g/mol. The van der Waals surface area contributed by atoms with Gasteiger partial charge in [-0.3, -0.25) is 9.59 Å². The van der Waals surface area contributed by atoms with E-state index in [-0.39, 0.29) is 39.6 Å². The van der Waals surface area contributed by atoms with E-state index >= 15 is 0 Å². The molecular formula is C22H16Cl2N2O5S. The third-order valence-electron chi connectivity index (χ3n) is 4.17. The largest absolute Gasteiger partial charge is 0.507 e. The van der Waals surface area contributed by atoms with E-state index in [4.69, 9.17) is 28.3 Å². The second-order valence-electron chi connectivity index (χ2n) is 6.48. The number of amides is 2. The third kappa shape index (κ3) is 6.16. The molecule has 2 amide bonds. The van der Waals surface area contributed by atoms with Crippen molar-refractivity contribution in [2.24, 2.45) is 0 Å². The number of aromatic carboxylic acids is 1. The molecule has 32 heavy (non-hydrogen) atoms. The van der Waals surface area contributed by atoms with Gasteiger partial charge in [-0.1, -0.05) is 23.2 Å². The molecule has 0 heterocycles. The summed E-state index contributed by atoms with van der Waals surface area (Å²) in [5.74, 6) is -2.31. The Labute approximate surface area is 197 Å². The van der Waals surface area contributed by atoms with Crippen LogP contribution in [0.1, 0.15) is 20.7 Å². The number of carboxylic acid groups (broad SMARTS) is 1. The Morgan fingerprint density at radius 2 is 1.53 bits per heavy atom. The molecule has 0 saturated heterocycles. The van der Waals surface area contributed by atoms with Crippen LogP contribution in [0.5, 0.6) is 5.75 Å². The van der Waals surface area contributed by atoms with Crippen LogP contribution in [0.25, 0.3) is 0 Å². The summed E-state index contributed by atoms with van der Waals surface area (Å²) in [4.78, 5) is 36.4. The zero-order valence-electron chi connectivity index (χ0n) is 16.3. The molecule has 0 aliphatic rings. The fraction of sp³-hybridized carbons (Fsp3) is 0.0455. The Morgan fingerprint density at radius 3 is 2.19 bits per heavy atom. The zero-order valence-corrected chi connectivity index (χ0v) is 18.6. The molecule has 0 unspecified atom stereocenters. The summed E-state index contributed by atoms with van der Waals surface area (Å²) in [7, 11) is 0. The predicted molar refractivity (Wildman–Crippen MR) is 125 cm³/mol. The summed E-state index contributed by atoms with van der Waals surface area (Å²) in [6, 6.07) is 15.3. The topological polar surface area (TPSA) is 116 Å². The lowest BCUT2D eigenvalue weighted by atomic mass is 10.2. The van der Waals surface area contributed by atoms with E-state index in [9.17, 15) is 19.5 Å². The molecule has 0 atom stereocenters. The Kier molecular flexibility index (Phi) is 7.63. The van der Waals surface area contributed by atoms with Crippen molar-refractivity contribution in [2.45, 2.75) is 4.90 Å². The van der Waals surface area contributed by atoms with Gasteiger partial charge < -0.3 is 20.8 Å². The minimum absolute atomic E-state index is 0.0787. The van der Waals surface area contributed by atoms with Crippen LogP contribution in [-0.4, -0.2) is 33.7 Å². The van der Waals surface area contributed by atoms with Gasteiger partial charge in [0.15, 0.2) is 0 Å². The highest BCUT2D eigenvalue weighted by Gasteiger charge is 2.13. The van der Waals surface area contributed by atoms with Crippen molar-refractivity contribution >= 4 is 64.1 Å². The number of phenols is 1. The van der Waals surface area contributed by atoms with Crippen LogP contribution in [0.3, 0.4) is 0 Å². The Hall–Kier alpha value is -3.20. The summed E-state index contributed by atoms with van der Waals surface area (Å²) in [5.41, 5.74) is 0.823. The van der Waals surface area contributed by atoms with Gasteiger partial charge in [-0.15, -0.1) is 11.8 Å². The van der Waals surface area contributed by atoms with Crippen molar-refractivity contribution in [3.05, 3.63) is 81.8 Å². The smallest absolute Gasteiger partial charge is 0.339 e. The van der Waals surface area contributed by atoms with Crippen LogP contribution in [0.2, 0.25) is 10.0 Å². The molecular weight excluding hydrogens is 475 g/mol. The quantitative estimate of drug-likeness (QED) is 0.261. The molecule has 164 valence electrons. The van der Waals surface area contributed by atoms with E-state index in [1.807, 2.05) is 0 Å². The van der Waals surface area contributed by atoms with Crippen LogP contribution in [0.4, 0.5) is 11.4 Å².